The van der Waals surface area contributed by atoms with Crippen LogP contribution in [0.25, 0.3) is 0 Å². The maximum absolute atomic E-state index is 11.7. The fraction of sp³-hybridized carbons (Fsp3) is 0.667. The molecule has 9 nitrogen and oxygen atoms in total. The van der Waals surface area contributed by atoms with Gasteiger partial charge in [0.05, 0.1) is 0 Å². The van der Waals surface area contributed by atoms with E-state index in [0.29, 0.717) is 0 Å². The van der Waals surface area contributed by atoms with Crippen molar-refractivity contribution in [2.75, 3.05) is 0 Å². The van der Waals surface area contributed by atoms with Crippen LogP contribution in [0, 0.1) is 0 Å². The lowest BCUT2D eigenvalue weighted by molar-refractivity contribution is -0.143. The van der Waals surface area contributed by atoms with Crippen LogP contribution in [0.5, 0.6) is 0 Å². The SMILES string of the molecule is CCC(O)C(=O)N[C@@H](C)C(=O)N[C@@H](CCC(=O)O)C(=O)O. The van der Waals surface area contributed by atoms with Gasteiger partial charge in [-0.1, -0.05) is 6.92 Å². The van der Waals surface area contributed by atoms with Crippen molar-refractivity contribution in [1.29, 1.82) is 0 Å². The van der Waals surface area contributed by atoms with Crippen molar-refractivity contribution >= 4 is 23.8 Å². The van der Waals surface area contributed by atoms with E-state index in [4.69, 9.17) is 10.2 Å². The minimum Gasteiger partial charge on any atom is -0.481 e. The number of aliphatic hydroxyl groups excluding tert-OH is 1. The first kappa shape index (κ1) is 18.8. The number of nitrogens with one attached hydrogen (secondary N) is 2. The highest BCUT2D eigenvalue weighted by atomic mass is 16.4. The first-order chi connectivity index (χ1) is 9.68. The van der Waals surface area contributed by atoms with Crippen LogP contribution in [0.4, 0.5) is 0 Å². The number of amides is 2. The number of carbonyl (C=O) groups is 4. The number of rotatable bonds is 9. The molecule has 1 unspecified atom stereocenters. The summed E-state index contributed by atoms with van der Waals surface area (Å²) in [6, 6.07) is -2.41. The van der Waals surface area contributed by atoms with E-state index < -0.39 is 48.4 Å². The number of carbonyl (C=O) groups excluding carboxylic acids is 2. The second-order valence-electron chi connectivity index (χ2n) is 4.49. The predicted octanol–water partition coefficient (Wildman–Crippen LogP) is -1.30. The predicted molar refractivity (Wildman–Crippen MR) is 70.3 cm³/mol. The second kappa shape index (κ2) is 8.90. The third-order valence-corrected chi connectivity index (χ3v) is 2.70. The van der Waals surface area contributed by atoms with Crippen molar-refractivity contribution in [1.82, 2.24) is 10.6 Å². The number of aliphatic hydroxyl groups is 1. The highest BCUT2D eigenvalue weighted by Gasteiger charge is 2.25. The number of carboxylic acids is 2. The fourth-order valence-corrected chi connectivity index (χ4v) is 1.38. The van der Waals surface area contributed by atoms with Gasteiger partial charge in [-0.05, 0) is 19.8 Å². The Labute approximate surface area is 121 Å². The Morgan fingerprint density at radius 3 is 2.05 bits per heavy atom. The van der Waals surface area contributed by atoms with E-state index in [1.165, 1.54) is 6.92 Å². The second-order valence-corrected chi connectivity index (χ2v) is 4.49. The average molecular weight is 304 g/mol. The largest absolute Gasteiger partial charge is 0.481 e. The van der Waals surface area contributed by atoms with Crippen LogP contribution in [0.15, 0.2) is 0 Å². The topological polar surface area (TPSA) is 153 Å². The van der Waals surface area contributed by atoms with Crippen LogP contribution in [0.3, 0.4) is 0 Å². The number of carboxylic acid groups (broad SMARTS) is 2. The Balaban J connectivity index is 4.50. The van der Waals surface area contributed by atoms with Gasteiger partial charge in [0.25, 0.3) is 0 Å². The van der Waals surface area contributed by atoms with E-state index in [0.717, 1.165) is 0 Å². The molecule has 0 aromatic carbocycles. The quantitative estimate of drug-likeness (QED) is 0.354. The summed E-state index contributed by atoms with van der Waals surface area (Å²) in [6.07, 6.45) is -1.75. The van der Waals surface area contributed by atoms with E-state index >= 15 is 0 Å². The minimum absolute atomic E-state index is 0.177. The molecule has 0 spiro atoms. The molecule has 21 heavy (non-hydrogen) atoms. The Morgan fingerprint density at radius 2 is 1.62 bits per heavy atom. The monoisotopic (exact) mass is 304 g/mol. The Morgan fingerprint density at radius 1 is 1.05 bits per heavy atom. The van der Waals surface area contributed by atoms with Crippen LogP contribution in [0.1, 0.15) is 33.1 Å². The van der Waals surface area contributed by atoms with Crippen LogP contribution in [-0.4, -0.2) is 57.3 Å². The van der Waals surface area contributed by atoms with Crippen molar-refractivity contribution < 1.29 is 34.5 Å². The molecule has 0 radical (unpaired) electrons. The van der Waals surface area contributed by atoms with Gasteiger partial charge in [-0.25, -0.2) is 4.79 Å². The molecule has 9 heteroatoms. The highest BCUT2D eigenvalue weighted by molar-refractivity contribution is 5.91. The van der Waals surface area contributed by atoms with E-state index in [9.17, 15) is 24.3 Å². The Hall–Kier alpha value is -2.16. The molecule has 0 bridgehead atoms. The number of hydrogen-bond donors (Lipinski definition) is 5. The average Bonchev–Trinajstić information content (AvgIpc) is 2.41. The van der Waals surface area contributed by atoms with Crippen LogP contribution in [-0.2, 0) is 19.2 Å². The molecule has 0 saturated carbocycles. The highest BCUT2D eigenvalue weighted by Crippen LogP contribution is 1.99. The lowest BCUT2D eigenvalue weighted by atomic mass is 10.1. The zero-order valence-electron chi connectivity index (χ0n) is 11.8. The number of aliphatic carboxylic acids is 2. The van der Waals surface area contributed by atoms with Gasteiger partial charge in [-0.3, -0.25) is 14.4 Å². The van der Waals surface area contributed by atoms with Crippen molar-refractivity contribution in [2.45, 2.75) is 51.3 Å². The zero-order chi connectivity index (χ0) is 16.6. The molecule has 0 aliphatic heterocycles. The third-order valence-electron chi connectivity index (χ3n) is 2.70. The molecule has 5 N–H and O–H groups in total. The maximum atomic E-state index is 11.7. The molecular weight excluding hydrogens is 284 g/mol. The van der Waals surface area contributed by atoms with Crippen molar-refractivity contribution in [3.8, 4) is 0 Å². The molecule has 0 rings (SSSR count). The van der Waals surface area contributed by atoms with Gasteiger partial charge in [0.2, 0.25) is 11.8 Å². The van der Waals surface area contributed by atoms with Crippen LogP contribution < -0.4 is 10.6 Å². The van der Waals surface area contributed by atoms with Crippen molar-refractivity contribution in [3.63, 3.8) is 0 Å². The normalized spacial score (nSPS) is 14.6. The molecule has 0 saturated heterocycles. The summed E-state index contributed by atoms with van der Waals surface area (Å²) in [5.41, 5.74) is 0. The summed E-state index contributed by atoms with van der Waals surface area (Å²) in [5, 5.41) is 31.0. The van der Waals surface area contributed by atoms with E-state index in [2.05, 4.69) is 10.6 Å². The van der Waals surface area contributed by atoms with Gasteiger partial charge >= 0.3 is 11.9 Å². The standard InChI is InChI=1S/C12H20N2O7/c1-3-8(15)11(19)13-6(2)10(18)14-7(12(20)21)4-5-9(16)17/h6-8,15H,3-5H2,1-2H3,(H,13,19)(H,14,18)(H,16,17)(H,20,21)/t6-,7-,8?/m0/s1. The van der Waals surface area contributed by atoms with E-state index in [-0.39, 0.29) is 12.8 Å². The summed E-state index contributed by atoms with van der Waals surface area (Å²) in [4.78, 5) is 44.4. The summed E-state index contributed by atoms with van der Waals surface area (Å²) < 4.78 is 0. The van der Waals surface area contributed by atoms with Crippen LogP contribution in [0.2, 0.25) is 0 Å². The lowest BCUT2D eigenvalue weighted by Crippen LogP contribution is -2.52. The molecule has 0 fully saturated rings. The smallest absolute Gasteiger partial charge is 0.326 e. The van der Waals surface area contributed by atoms with Gasteiger partial charge in [-0.15, -0.1) is 0 Å². The molecule has 0 aromatic rings. The molecule has 3 atom stereocenters. The molecule has 0 aliphatic carbocycles. The zero-order valence-corrected chi connectivity index (χ0v) is 11.8. The molecule has 0 heterocycles. The molecule has 0 aliphatic rings. The first-order valence-corrected chi connectivity index (χ1v) is 6.42. The van der Waals surface area contributed by atoms with Gasteiger partial charge in [0.15, 0.2) is 0 Å². The van der Waals surface area contributed by atoms with Gasteiger partial charge in [0, 0.05) is 6.42 Å². The lowest BCUT2D eigenvalue weighted by Gasteiger charge is -2.19. The summed E-state index contributed by atoms with van der Waals surface area (Å²) in [7, 11) is 0. The maximum Gasteiger partial charge on any atom is 0.326 e. The Kier molecular flexibility index (Phi) is 7.99. The minimum atomic E-state index is -1.36. The first-order valence-electron chi connectivity index (χ1n) is 6.42. The van der Waals surface area contributed by atoms with Gasteiger partial charge < -0.3 is 26.0 Å². The third kappa shape index (κ3) is 7.25. The van der Waals surface area contributed by atoms with Gasteiger partial charge in [0.1, 0.15) is 18.2 Å². The molecule has 2 amide bonds. The molecular formula is C12H20N2O7. The van der Waals surface area contributed by atoms with Crippen LogP contribution >= 0.6 is 0 Å². The van der Waals surface area contributed by atoms with E-state index in [1.807, 2.05) is 0 Å². The molecule has 120 valence electrons. The van der Waals surface area contributed by atoms with E-state index in [1.54, 1.807) is 6.92 Å². The van der Waals surface area contributed by atoms with Crippen molar-refractivity contribution in [3.05, 3.63) is 0 Å². The fourth-order valence-electron chi connectivity index (χ4n) is 1.38. The number of hydrogen-bond acceptors (Lipinski definition) is 5. The summed E-state index contributed by atoms with van der Waals surface area (Å²) in [5.74, 6) is -4.05. The Bertz CT molecular complexity index is 410. The van der Waals surface area contributed by atoms with Crippen molar-refractivity contribution in [2.24, 2.45) is 0 Å². The molecule has 0 aromatic heterocycles. The van der Waals surface area contributed by atoms with Gasteiger partial charge in [-0.2, -0.15) is 0 Å². The summed E-state index contributed by atoms with van der Waals surface area (Å²) >= 11 is 0. The summed E-state index contributed by atoms with van der Waals surface area (Å²) in [6.45, 7) is 2.91.